The molecule has 3 N–H and O–H groups in total. The first-order chi connectivity index (χ1) is 11.2. The van der Waals surface area contributed by atoms with Gasteiger partial charge in [0.25, 0.3) is 11.5 Å². The van der Waals surface area contributed by atoms with Crippen LogP contribution in [0.4, 0.5) is 0 Å². The standard InChI is InChI=1S/C18H25N3O3/c1-10-6-11(4-5-19-10)20-16(23)13-7-12-14(21-17(13)24)8-18(2,3)9-15(12)22/h7,10-11,19H,4-6,8-9H2,1-3H3,(H,20,23)(H,21,24). The summed E-state index contributed by atoms with van der Waals surface area (Å²) < 4.78 is 0. The fourth-order valence-corrected chi connectivity index (χ4v) is 3.72. The topological polar surface area (TPSA) is 91.1 Å². The molecule has 2 aliphatic rings. The van der Waals surface area contributed by atoms with E-state index in [-0.39, 0.29) is 22.8 Å². The molecule has 130 valence electrons. The number of hydrogen-bond donors (Lipinski definition) is 3. The van der Waals surface area contributed by atoms with Gasteiger partial charge in [-0.1, -0.05) is 13.8 Å². The minimum absolute atomic E-state index is 0.0120. The van der Waals surface area contributed by atoms with Crippen LogP contribution in [0.1, 0.15) is 66.4 Å². The Labute approximate surface area is 141 Å². The van der Waals surface area contributed by atoms with Crippen LogP contribution in [0, 0.1) is 5.41 Å². The molecule has 1 aromatic heterocycles. The molecule has 6 nitrogen and oxygen atoms in total. The summed E-state index contributed by atoms with van der Waals surface area (Å²) in [5.74, 6) is -0.405. The number of Topliss-reactive ketones (excluding diaryl/α,β-unsaturated/α-hetero) is 1. The van der Waals surface area contributed by atoms with E-state index in [1.165, 1.54) is 6.07 Å². The van der Waals surface area contributed by atoms with Crippen molar-refractivity contribution in [2.24, 2.45) is 5.41 Å². The maximum atomic E-state index is 12.5. The molecule has 6 heteroatoms. The fourth-order valence-electron chi connectivity index (χ4n) is 3.72. The molecule has 3 rings (SSSR count). The van der Waals surface area contributed by atoms with Crippen LogP contribution < -0.4 is 16.2 Å². The normalized spacial score (nSPS) is 25.9. The number of piperidine rings is 1. The first kappa shape index (κ1) is 16.9. The summed E-state index contributed by atoms with van der Waals surface area (Å²) in [6.07, 6.45) is 2.74. The highest BCUT2D eigenvalue weighted by atomic mass is 16.2. The molecule has 0 spiro atoms. The van der Waals surface area contributed by atoms with Crippen LogP contribution in [0.2, 0.25) is 0 Å². The molecular formula is C18H25N3O3. The number of pyridine rings is 1. The third-order valence-corrected chi connectivity index (χ3v) is 4.92. The number of rotatable bonds is 2. The molecule has 1 aromatic rings. The summed E-state index contributed by atoms with van der Waals surface area (Å²) in [5, 5.41) is 6.26. The second-order valence-electron chi connectivity index (χ2n) is 7.90. The number of H-pyrrole nitrogens is 1. The van der Waals surface area contributed by atoms with Crippen molar-refractivity contribution in [2.75, 3.05) is 6.54 Å². The van der Waals surface area contributed by atoms with E-state index in [0.29, 0.717) is 30.1 Å². The van der Waals surface area contributed by atoms with Gasteiger partial charge in [0, 0.05) is 29.8 Å². The Morgan fingerprint density at radius 2 is 2.04 bits per heavy atom. The summed E-state index contributed by atoms with van der Waals surface area (Å²) in [5.41, 5.74) is 0.583. The molecule has 1 aliphatic heterocycles. The zero-order valence-corrected chi connectivity index (χ0v) is 14.5. The van der Waals surface area contributed by atoms with Gasteiger partial charge in [-0.05, 0) is 44.2 Å². The number of aromatic amines is 1. The smallest absolute Gasteiger partial charge is 0.261 e. The van der Waals surface area contributed by atoms with E-state index in [9.17, 15) is 14.4 Å². The number of hydrogen-bond acceptors (Lipinski definition) is 4. The Morgan fingerprint density at radius 3 is 2.75 bits per heavy atom. The third-order valence-electron chi connectivity index (χ3n) is 4.92. The van der Waals surface area contributed by atoms with Gasteiger partial charge >= 0.3 is 0 Å². The lowest BCUT2D eigenvalue weighted by Crippen LogP contribution is -2.47. The van der Waals surface area contributed by atoms with Crippen molar-refractivity contribution in [1.82, 2.24) is 15.6 Å². The van der Waals surface area contributed by atoms with Crippen molar-refractivity contribution in [3.63, 3.8) is 0 Å². The zero-order chi connectivity index (χ0) is 17.5. The maximum absolute atomic E-state index is 12.5. The quantitative estimate of drug-likeness (QED) is 0.764. The van der Waals surface area contributed by atoms with Gasteiger partial charge in [-0.15, -0.1) is 0 Å². The lowest BCUT2D eigenvalue weighted by molar-refractivity contribution is 0.0910. The zero-order valence-electron chi connectivity index (χ0n) is 14.5. The van der Waals surface area contributed by atoms with Crippen molar-refractivity contribution in [2.45, 2.75) is 58.5 Å². The lowest BCUT2D eigenvalue weighted by Gasteiger charge is -2.30. The Kier molecular flexibility index (Phi) is 4.34. The van der Waals surface area contributed by atoms with E-state index < -0.39 is 11.5 Å². The lowest BCUT2D eigenvalue weighted by atomic mass is 9.75. The van der Waals surface area contributed by atoms with E-state index in [1.807, 2.05) is 13.8 Å². The van der Waals surface area contributed by atoms with E-state index in [2.05, 4.69) is 22.5 Å². The second-order valence-corrected chi connectivity index (χ2v) is 7.90. The summed E-state index contributed by atoms with van der Waals surface area (Å²) in [6.45, 7) is 6.93. The largest absolute Gasteiger partial charge is 0.349 e. The third kappa shape index (κ3) is 3.43. The molecule has 0 radical (unpaired) electrons. The van der Waals surface area contributed by atoms with Crippen LogP contribution in [0.25, 0.3) is 0 Å². The highest BCUT2D eigenvalue weighted by Crippen LogP contribution is 2.33. The number of fused-ring (bicyclic) bond motifs is 1. The van der Waals surface area contributed by atoms with Gasteiger partial charge in [-0.3, -0.25) is 14.4 Å². The number of ketones is 1. The molecule has 0 bridgehead atoms. The second kappa shape index (κ2) is 6.16. The monoisotopic (exact) mass is 331 g/mol. The van der Waals surface area contributed by atoms with Crippen LogP contribution in [-0.4, -0.2) is 35.3 Å². The number of nitrogens with one attached hydrogen (secondary N) is 3. The molecule has 0 aromatic carbocycles. The molecule has 24 heavy (non-hydrogen) atoms. The average molecular weight is 331 g/mol. The molecule has 1 fully saturated rings. The molecule has 1 saturated heterocycles. The summed E-state index contributed by atoms with van der Waals surface area (Å²) in [7, 11) is 0. The number of aromatic nitrogens is 1. The summed E-state index contributed by atoms with van der Waals surface area (Å²) in [6, 6.07) is 1.87. The van der Waals surface area contributed by atoms with Gasteiger partial charge in [-0.25, -0.2) is 0 Å². The highest BCUT2D eigenvalue weighted by Gasteiger charge is 2.33. The van der Waals surface area contributed by atoms with Crippen molar-refractivity contribution in [3.8, 4) is 0 Å². The summed E-state index contributed by atoms with van der Waals surface area (Å²) >= 11 is 0. The first-order valence-corrected chi connectivity index (χ1v) is 8.59. The minimum Gasteiger partial charge on any atom is -0.349 e. The number of carbonyl (C=O) groups excluding carboxylic acids is 2. The van der Waals surface area contributed by atoms with Crippen LogP contribution in [0.5, 0.6) is 0 Å². The van der Waals surface area contributed by atoms with Gasteiger partial charge in [0.15, 0.2) is 5.78 Å². The number of carbonyl (C=O) groups is 2. The minimum atomic E-state index is -0.418. The number of amides is 1. The molecule has 1 aliphatic carbocycles. The Hall–Kier alpha value is -1.95. The van der Waals surface area contributed by atoms with Crippen LogP contribution in [0.15, 0.2) is 10.9 Å². The van der Waals surface area contributed by atoms with E-state index in [0.717, 1.165) is 19.4 Å². The Bertz CT molecular complexity index is 736. The van der Waals surface area contributed by atoms with Gasteiger partial charge in [0.2, 0.25) is 0 Å². The predicted molar refractivity (Wildman–Crippen MR) is 91.4 cm³/mol. The molecule has 1 amide bonds. The highest BCUT2D eigenvalue weighted by molar-refractivity contribution is 6.02. The van der Waals surface area contributed by atoms with Gasteiger partial charge in [-0.2, -0.15) is 0 Å². The van der Waals surface area contributed by atoms with Crippen LogP contribution in [-0.2, 0) is 6.42 Å². The Morgan fingerprint density at radius 1 is 1.29 bits per heavy atom. The maximum Gasteiger partial charge on any atom is 0.261 e. The van der Waals surface area contributed by atoms with Gasteiger partial charge < -0.3 is 15.6 Å². The fraction of sp³-hybridized carbons (Fsp3) is 0.611. The Balaban J connectivity index is 1.84. The van der Waals surface area contributed by atoms with Crippen molar-refractivity contribution < 1.29 is 9.59 Å². The van der Waals surface area contributed by atoms with Crippen LogP contribution in [0.3, 0.4) is 0 Å². The molecular weight excluding hydrogens is 306 g/mol. The van der Waals surface area contributed by atoms with E-state index in [1.54, 1.807) is 0 Å². The van der Waals surface area contributed by atoms with E-state index in [4.69, 9.17) is 0 Å². The predicted octanol–water partition coefficient (Wildman–Crippen LogP) is 1.40. The molecule has 0 saturated carbocycles. The molecule has 2 atom stereocenters. The average Bonchev–Trinajstić information content (AvgIpc) is 2.45. The van der Waals surface area contributed by atoms with Gasteiger partial charge in [0.05, 0.1) is 0 Å². The molecule has 2 unspecified atom stereocenters. The van der Waals surface area contributed by atoms with Gasteiger partial charge in [0.1, 0.15) is 5.56 Å². The van der Waals surface area contributed by atoms with E-state index >= 15 is 0 Å². The van der Waals surface area contributed by atoms with Crippen molar-refractivity contribution >= 4 is 11.7 Å². The summed E-state index contributed by atoms with van der Waals surface area (Å²) in [4.78, 5) is 39.9. The SMILES string of the molecule is CC1CC(NC(=O)c2cc3c([nH]c2=O)CC(C)(C)CC3=O)CCN1. The van der Waals surface area contributed by atoms with Crippen molar-refractivity contribution in [1.29, 1.82) is 0 Å². The van der Waals surface area contributed by atoms with Crippen LogP contribution >= 0.6 is 0 Å². The van der Waals surface area contributed by atoms with Crippen molar-refractivity contribution in [3.05, 3.63) is 33.2 Å². The first-order valence-electron chi connectivity index (χ1n) is 8.59. The molecule has 2 heterocycles.